The van der Waals surface area contributed by atoms with Crippen molar-refractivity contribution >= 4 is 15.9 Å². The van der Waals surface area contributed by atoms with E-state index in [4.69, 9.17) is 4.74 Å². The molecule has 0 unspecified atom stereocenters. The van der Waals surface area contributed by atoms with Crippen molar-refractivity contribution in [2.75, 3.05) is 26.2 Å². The third-order valence-corrected chi connectivity index (χ3v) is 3.30. The number of nitrogens with zero attached hydrogens (tertiary/aromatic N) is 2. The first kappa shape index (κ1) is 12.8. The summed E-state index contributed by atoms with van der Waals surface area (Å²) < 4.78 is 19.4. The molecule has 0 aromatic carbocycles. The third-order valence-electron chi connectivity index (χ3n) is 2.87. The van der Waals surface area contributed by atoms with Crippen molar-refractivity contribution in [1.29, 1.82) is 0 Å². The van der Waals surface area contributed by atoms with Gasteiger partial charge in [-0.15, -0.1) is 0 Å². The molecule has 17 heavy (non-hydrogen) atoms. The standard InChI is InChI=1S/C12H16BrFN2O/c13-10-8-11(14)12(15-9-10)17-7-6-16-4-2-1-3-5-16/h8-9H,1-7H2. The molecule has 0 atom stereocenters. The lowest BCUT2D eigenvalue weighted by molar-refractivity contribution is 0.177. The molecule has 1 fully saturated rings. The van der Waals surface area contributed by atoms with E-state index in [1.165, 1.54) is 25.3 Å². The number of hydrogen-bond donors (Lipinski definition) is 0. The lowest BCUT2D eigenvalue weighted by Crippen LogP contribution is -2.33. The Kier molecular flexibility index (Phi) is 4.74. The molecule has 0 aliphatic carbocycles. The van der Waals surface area contributed by atoms with E-state index in [0.29, 0.717) is 11.1 Å². The van der Waals surface area contributed by atoms with Crippen LogP contribution in [-0.4, -0.2) is 36.1 Å². The average molecular weight is 303 g/mol. The first-order valence-corrected chi connectivity index (χ1v) is 6.71. The lowest BCUT2D eigenvalue weighted by atomic mass is 10.1. The van der Waals surface area contributed by atoms with Crippen molar-refractivity contribution in [3.8, 4) is 5.88 Å². The Bertz CT molecular complexity index is 370. The van der Waals surface area contributed by atoms with Crippen molar-refractivity contribution in [3.05, 3.63) is 22.6 Å². The van der Waals surface area contributed by atoms with Gasteiger partial charge in [0.05, 0.1) is 0 Å². The fourth-order valence-corrected chi connectivity index (χ4v) is 2.27. The summed E-state index contributed by atoms with van der Waals surface area (Å²) in [5.74, 6) is -0.330. The van der Waals surface area contributed by atoms with Gasteiger partial charge in [-0.05, 0) is 47.9 Å². The topological polar surface area (TPSA) is 25.4 Å². The van der Waals surface area contributed by atoms with Crippen LogP contribution in [0.2, 0.25) is 0 Å². The second kappa shape index (κ2) is 6.31. The summed E-state index contributed by atoms with van der Waals surface area (Å²) in [5, 5.41) is 0. The van der Waals surface area contributed by atoms with E-state index in [9.17, 15) is 4.39 Å². The molecule has 3 nitrogen and oxygen atoms in total. The minimum atomic E-state index is -0.419. The number of likely N-dealkylation sites (tertiary alicyclic amines) is 1. The van der Waals surface area contributed by atoms with Gasteiger partial charge >= 0.3 is 0 Å². The Hall–Kier alpha value is -0.680. The second-order valence-corrected chi connectivity index (χ2v) is 5.11. The predicted octanol–water partition coefficient (Wildman–Crippen LogP) is 2.85. The Labute approximate surface area is 109 Å². The maximum absolute atomic E-state index is 13.4. The summed E-state index contributed by atoms with van der Waals surface area (Å²) in [7, 11) is 0. The smallest absolute Gasteiger partial charge is 0.250 e. The van der Waals surface area contributed by atoms with Crippen LogP contribution in [0.5, 0.6) is 5.88 Å². The van der Waals surface area contributed by atoms with E-state index in [0.717, 1.165) is 19.6 Å². The van der Waals surface area contributed by atoms with Crippen LogP contribution in [-0.2, 0) is 0 Å². The summed E-state index contributed by atoms with van der Waals surface area (Å²) in [4.78, 5) is 6.25. The quantitative estimate of drug-likeness (QED) is 0.855. The average Bonchev–Trinajstić information content (AvgIpc) is 2.33. The molecule has 0 bridgehead atoms. The van der Waals surface area contributed by atoms with Gasteiger partial charge in [0.25, 0.3) is 0 Å². The van der Waals surface area contributed by atoms with Crippen LogP contribution in [0.3, 0.4) is 0 Å². The van der Waals surface area contributed by atoms with Crippen LogP contribution >= 0.6 is 15.9 Å². The zero-order chi connectivity index (χ0) is 12.1. The lowest BCUT2D eigenvalue weighted by Gasteiger charge is -2.26. The molecular weight excluding hydrogens is 287 g/mol. The summed E-state index contributed by atoms with van der Waals surface area (Å²) in [6.07, 6.45) is 5.37. The zero-order valence-electron chi connectivity index (χ0n) is 9.66. The summed E-state index contributed by atoms with van der Waals surface area (Å²) in [6, 6.07) is 1.36. The molecule has 0 amide bonds. The molecule has 94 valence electrons. The van der Waals surface area contributed by atoms with Gasteiger partial charge in [-0.3, -0.25) is 4.90 Å². The van der Waals surface area contributed by atoms with Crippen LogP contribution in [0, 0.1) is 5.82 Å². The molecule has 1 aliphatic rings. The molecule has 1 aromatic heterocycles. The van der Waals surface area contributed by atoms with Gasteiger partial charge in [0.15, 0.2) is 5.82 Å². The highest BCUT2D eigenvalue weighted by Crippen LogP contribution is 2.18. The molecule has 1 aliphatic heterocycles. The first-order chi connectivity index (χ1) is 8.25. The number of piperidine rings is 1. The van der Waals surface area contributed by atoms with Crippen LogP contribution in [0.1, 0.15) is 19.3 Å². The van der Waals surface area contributed by atoms with Gasteiger partial charge in [0.2, 0.25) is 5.88 Å². The fraction of sp³-hybridized carbons (Fsp3) is 0.583. The van der Waals surface area contributed by atoms with Gasteiger partial charge in [-0.25, -0.2) is 9.37 Å². The third kappa shape index (κ3) is 3.92. The number of rotatable bonds is 4. The summed E-state index contributed by atoms with van der Waals surface area (Å²) in [6.45, 7) is 3.59. The number of pyridine rings is 1. The van der Waals surface area contributed by atoms with Gasteiger partial charge in [-0.1, -0.05) is 6.42 Å². The minimum absolute atomic E-state index is 0.0882. The molecule has 2 heterocycles. The van der Waals surface area contributed by atoms with E-state index in [2.05, 4.69) is 25.8 Å². The summed E-state index contributed by atoms with van der Waals surface area (Å²) in [5.41, 5.74) is 0. The number of halogens is 2. The number of aromatic nitrogens is 1. The van der Waals surface area contributed by atoms with Crippen molar-refractivity contribution in [3.63, 3.8) is 0 Å². The van der Waals surface area contributed by atoms with Crippen LogP contribution in [0.15, 0.2) is 16.7 Å². The SMILES string of the molecule is Fc1cc(Br)cnc1OCCN1CCCCC1. The van der Waals surface area contributed by atoms with Gasteiger partial charge in [-0.2, -0.15) is 0 Å². The molecular formula is C12H16BrFN2O. The predicted molar refractivity (Wildman–Crippen MR) is 67.7 cm³/mol. The molecule has 0 saturated carbocycles. The highest BCUT2D eigenvalue weighted by Gasteiger charge is 2.11. The molecule has 0 radical (unpaired) electrons. The van der Waals surface area contributed by atoms with Gasteiger partial charge in [0.1, 0.15) is 6.61 Å². The molecule has 2 rings (SSSR count). The normalized spacial score (nSPS) is 17.1. The van der Waals surface area contributed by atoms with E-state index in [1.54, 1.807) is 6.20 Å². The molecule has 1 saturated heterocycles. The zero-order valence-corrected chi connectivity index (χ0v) is 11.2. The highest BCUT2D eigenvalue weighted by atomic mass is 79.9. The van der Waals surface area contributed by atoms with E-state index in [-0.39, 0.29) is 5.88 Å². The van der Waals surface area contributed by atoms with Crippen molar-refractivity contribution in [2.45, 2.75) is 19.3 Å². The maximum atomic E-state index is 13.4. The number of ether oxygens (including phenoxy) is 1. The van der Waals surface area contributed by atoms with Crippen molar-refractivity contribution in [1.82, 2.24) is 9.88 Å². The summed E-state index contributed by atoms with van der Waals surface area (Å²) >= 11 is 3.16. The van der Waals surface area contributed by atoms with E-state index >= 15 is 0 Å². The van der Waals surface area contributed by atoms with Crippen molar-refractivity contribution < 1.29 is 9.13 Å². The first-order valence-electron chi connectivity index (χ1n) is 5.92. The van der Waals surface area contributed by atoms with E-state index in [1.807, 2.05) is 0 Å². The molecule has 1 aromatic rings. The highest BCUT2D eigenvalue weighted by molar-refractivity contribution is 9.10. The van der Waals surface area contributed by atoms with Crippen molar-refractivity contribution in [2.24, 2.45) is 0 Å². The Morgan fingerprint density at radius 2 is 2.12 bits per heavy atom. The monoisotopic (exact) mass is 302 g/mol. The Balaban J connectivity index is 1.77. The number of hydrogen-bond acceptors (Lipinski definition) is 3. The van der Waals surface area contributed by atoms with Crippen LogP contribution < -0.4 is 4.74 Å². The second-order valence-electron chi connectivity index (χ2n) is 4.19. The van der Waals surface area contributed by atoms with E-state index < -0.39 is 5.82 Å². The molecule has 0 N–H and O–H groups in total. The molecule has 0 spiro atoms. The largest absolute Gasteiger partial charge is 0.474 e. The van der Waals surface area contributed by atoms with Gasteiger partial charge in [0, 0.05) is 17.2 Å². The van der Waals surface area contributed by atoms with Crippen LogP contribution in [0.25, 0.3) is 0 Å². The maximum Gasteiger partial charge on any atom is 0.250 e. The molecule has 5 heteroatoms. The minimum Gasteiger partial charge on any atom is -0.474 e. The van der Waals surface area contributed by atoms with Gasteiger partial charge < -0.3 is 4.74 Å². The van der Waals surface area contributed by atoms with Crippen LogP contribution in [0.4, 0.5) is 4.39 Å². The fourth-order valence-electron chi connectivity index (χ4n) is 1.96. The Morgan fingerprint density at radius 1 is 1.35 bits per heavy atom. The Morgan fingerprint density at radius 3 is 2.82 bits per heavy atom.